The summed E-state index contributed by atoms with van der Waals surface area (Å²) >= 11 is 0. The Morgan fingerprint density at radius 1 is 1.08 bits per heavy atom. The number of esters is 1. The Bertz CT molecular complexity index is 715. The van der Waals surface area contributed by atoms with Crippen molar-refractivity contribution in [1.82, 2.24) is 4.90 Å². The van der Waals surface area contributed by atoms with Crippen molar-refractivity contribution in [3.63, 3.8) is 0 Å². The summed E-state index contributed by atoms with van der Waals surface area (Å²) in [5.74, 6) is -0.787. The summed E-state index contributed by atoms with van der Waals surface area (Å²) in [5.41, 5.74) is 0.718. The predicted molar refractivity (Wildman–Crippen MR) is 86.2 cm³/mol. The fraction of sp³-hybridized carbons (Fsp3) is 0.222. The quantitative estimate of drug-likeness (QED) is 0.764. The maximum absolute atomic E-state index is 13.6. The summed E-state index contributed by atoms with van der Waals surface area (Å²) < 4.78 is 23.6. The number of carbonyl (C=O) groups is 2. The van der Waals surface area contributed by atoms with Crippen LogP contribution in [0.1, 0.15) is 15.9 Å². The standard InChI is InChI=1S/C18H18FNO4/c1-20(11-14-5-3-4-6-16(14)19)17(21)12-24-18(22)13-7-9-15(23-2)10-8-13/h3-10H,11-12H2,1-2H3. The van der Waals surface area contributed by atoms with Gasteiger partial charge >= 0.3 is 5.97 Å². The molecular weight excluding hydrogens is 313 g/mol. The minimum Gasteiger partial charge on any atom is -0.497 e. The Labute approximate surface area is 139 Å². The number of nitrogens with zero attached hydrogens (tertiary/aromatic N) is 1. The van der Waals surface area contributed by atoms with E-state index in [1.807, 2.05) is 0 Å². The van der Waals surface area contributed by atoms with Gasteiger partial charge in [-0.1, -0.05) is 18.2 Å². The monoisotopic (exact) mass is 331 g/mol. The summed E-state index contributed by atoms with van der Waals surface area (Å²) in [7, 11) is 3.05. The van der Waals surface area contributed by atoms with Crippen LogP contribution in [-0.4, -0.2) is 37.5 Å². The van der Waals surface area contributed by atoms with E-state index in [1.54, 1.807) is 42.5 Å². The fourth-order valence-corrected chi connectivity index (χ4v) is 2.02. The van der Waals surface area contributed by atoms with Gasteiger partial charge < -0.3 is 14.4 Å². The average molecular weight is 331 g/mol. The van der Waals surface area contributed by atoms with Crippen LogP contribution < -0.4 is 4.74 Å². The van der Waals surface area contributed by atoms with Gasteiger partial charge in [-0.3, -0.25) is 4.79 Å². The summed E-state index contributed by atoms with van der Waals surface area (Å²) in [6.45, 7) is -0.304. The van der Waals surface area contributed by atoms with Crippen LogP contribution in [0.5, 0.6) is 5.75 Å². The largest absolute Gasteiger partial charge is 0.497 e. The Morgan fingerprint density at radius 2 is 1.75 bits per heavy atom. The zero-order chi connectivity index (χ0) is 17.5. The Balaban J connectivity index is 1.87. The lowest BCUT2D eigenvalue weighted by molar-refractivity contribution is -0.133. The lowest BCUT2D eigenvalue weighted by Crippen LogP contribution is -2.31. The molecule has 0 unspecified atom stereocenters. The second kappa shape index (κ2) is 8.10. The molecule has 0 atom stereocenters. The van der Waals surface area contributed by atoms with Gasteiger partial charge in [0.25, 0.3) is 5.91 Å². The number of amides is 1. The minimum absolute atomic E-state index is 0.103. The highest BCUT2D eigenvalue weighted by Gasteiger charge is 2.15. The van der Waals surface area contributed by atoms with Gasteiger partial charge in [0.05, 0.1) is 12.7 Å². The lowest BCUT2D eigenvalue weighted by Gasteiger charge is -2.17. The average Bonchev–Trinajstić information content (AvgIpc) is 2.61. The van der Waals surface area contributed by atoms with Gasteiger partial charge in [-0.2, -0.15) is 0 Å². The molecule has 0 aromatic heterocycles. The molecule has 0 saturated carbocycles. The third kappa shape index (κ3) is 4.55. The number of methoxy groups -OCH3 is 1. The number of carbonyl (C=O) groups excluding carboxylic acids is 2. The molecular formula is C18H18FNO4. The minimum atomic E-state index is -0.606. The summed E-state index contributed by atoms with van der Waals surface area (Å²) in [6.07, 6.45) is 0. The molecule has 0 saturated heterocycles. The summed E-state index contributed by atoms with van der Waals surface area (Å²) in [5, 5.41) is 0. The lowest BCUT2D eigenvalue weighted by atomic mass is 10.2. The first-order valence-corrected chi connectivity index (χ1v) is 7.30. The SMILES string of the molecule is COc1ccc(C(=O)OCC(=O)N(C)Cc2ccccc2F)cc1. The van der Waals surface area contributed by atoms with Crippen molar-refractivity contribution in [1.29, 1.82) is 0 Å². The predicted octanol–water partition coefficient (Wildman–Crippen LogP) is 2.65. The van der Waals surface area contributed by atoms with Gasteiger partial charge in [0.1, 0.15) is 11.6 Å². The van der Waals surface area contributed by atoms with Gasteiger partial charge in [0.15, 0.2) is 6.61 Å². The van der Waals surface area contributed by atoms with Crippen LogP contribution in [0.2, 0.25) is 0 Å². The molecule has 0 aliphatic carbocycles. The Kier molecular flexibility index (Phi) is 5.89. The van der Waals surface area contributed by atoms with Crippen molar-refractivity contribution in [3.05, 3.63) is 65.5 Å². The smallest absolute Gasteiger partial charge is 0.338 e. The molecule has 5 nitrogen and oxygen atoms in total. The molecule has 2 aromatic carbocycles. The molecule has 0 aliphatic rings. The number of halogens is 1. The van der Waals surface area contributed by atoms with Crippen LogP contribution in [0.25, 0.3) is 0 Å². The normalized spacial score (nSPS) is 10.1. The second-order valence-corrected chi connectivity index (χ2v) is 5.15. The fourth-order valence-electron chi connectivity index (χ4n) is 2.02. The maximum Gasteiger partial charge on any atom is 0.338 e. The van der Waals surface area contributed by atoms with E-state index in [4.69, 9.17) is 9.47 Å². The van der Waals surface area contributed by atoms with Gasteiger partial charge in [0, 0.05) is 19.2 Å². The summed E-state index contributed by atoms with van der Waals surface area (Å²) in [4.78, 5) is 25.2. The van der Waals surface area contributed by atoms with E-state index in [1.165, 1.54) is 25.1 Å². The molecule has 2 rings (SSSR count). The molecule has 0 N–H and O–H groups in total. The van der Waals surface area contributed by atoms with Gasteiger partial charge in [-0.15, -0.1) is 0 Å². The molecule has 0 aliphatic heterocycles. The van der Waals surface area contributed by atoms with Crippen LogP contribution in [0.3, 0.4) is 0 Å². The van der Waals surface area contributed by atoms with Crippen LogP contribution in [0, 0.1) is 5.82 Å². The highest BCUT2D eigenvalue weighted by molar-refractivity contribution is 5.91. The first-order valence-electron chi connectivity index (χ1n) is 7.30. The first-order chi connectivity index (χ1) is 11.5. The van der Waals surface area contributed by atoms with Crippen molar-refractivity contribution < 1.29 is 23.5 Å². The highest BCUT2D eigenvalue weighted by atomic mass is 19.1. The van der Waals surface area contributed by atoms with E-state index in [0.29, 0.717) is 16.9 Å². The summed E-state index contributed by atoms with van der Waals surface area (Å²) in [6, 6.07) is 12.6. The van der Waals surface area contributed by atoms with Crippen molar-refractivity contribution in [2.45, 2.75) is 6.54 Å². The van der Waals surface area contributed by atoms with E-state index in [9.17, 15) is 14.0 Å². The van der Waals surface area contributed by atoms with Gasteiger partial charge in [-0.25, -0.2) is 9.18 Å². The molecule has 0 radical (unpaired) electrons. The molecule has 24 heavy (non-hydrogen) atoms. The molecule has 0 spiro atoms. The van der Waals surface area contributed by atoms with Gasteiger partial charge in [-0.05, 0) is 30.3 Å². The molecule has 2 aromatic rings. The van der Waals surface area contributed by atoms with Crippen molar-refractivity contribution in [2.24, 2.45) is 0 Å². The van der Waals surface area contributed by atoms with E-state index in [0.717, 1.165) is 0 Å². The number of hydrogen-bond donors (Lipinski definition) is 0. The van der Waals surface area contributed by atoms with E-state index < -0.39 is 18.5 Å². The third-order valence-corrected chi connectivity index (χ3v) is 3.44. The highest BCUT2D eigenvalue weighted by Crippen LogP contribution is 2.12. The maximum atomic E-state index is 13.6. The molecule has 1 amide bonds. The number of hydrogen-bond acceptors (Lipinski definition) is 4. The van der Waals surface area contributed by atoms with E-state index in [2.05, 4.69) is 0 Å². The Hall–Kier alpha value is -2.89. The number of ether oxygens (including phenoxy) is 2. The number of rotatable bonds is 6. The molecule has 0 heterocycles. The van der Waals surface area contributed by atoms with Crippen molar-refractivity contribution in [2.75, 3.05) is 20.8 Å². The van der Waals surface area contributed by atoms with Gasteiger partial charge in [0.2, 0.25) is 0 Å². The van der Waals surface area contributed by atoms with E-state index in [-0.39, 0.29) is 12.4 Å². The zero-order valence-electron chi connectivity index (χ0n) is 13.5. The van der Waals surface area contributed by atoms with E-state index >= 15 is 0 Å². The zero-order valence-corrected chi connectivity index (χ0v) is 13.5. The topological polar surface area (TPSA) is 55.8 Å². The van der Waals surface area contributed by atoms with Crippen LogP contribution in [-0.2, 0) is 16.1 Å². The molecule has 126 valence electrons. The molecule has 0 bridgehead atoms. The number of likely N-dealkylation sites (N-methyl/N-ethyl adjacent to an activating group) is 1. The third-order valence-electron chi connectivity index (χ3n) is 3.44. The second-order valence-electron chi connectivity index (χ2n) is 5.15. The van der Waals surface area contributed by atoms with Crippen LogP contribution in [0.4, 0.5) is 4.39 Å². The Morgan fingerprint density at radius 3 is 2.38 bits per heavy atom. The molecule has 0 fully saturated rings. The van der Waals surface area contributed by atoms with Crippen LogP contribution >= 0.6 is 0 Å². The van der Waals surface area contributed by atoms with Crippen LogP contribution in [0.15, 0.2) is 48.5 Å². The van der Waals surface area contributed by atoms with Crippen molar-refractivity contribution >= 4 is 11.9 Å². The first kappa shape index (κ1) is 17.5. The van der Waals surface area contributed by atoms with Crippen molar-refractivity contribution in [3.8, 4) is 5.75 Å². The number of benzene rings is 2. The molecule has 6 heteroatoms.